The molecule has 104 valence electrons. The lowest BCUT2D eigenvalue weighted by Gasteiger charge is -2.10. The van der Waals surface area contributed by atoms with Crippen LogP contribution in [0.3, 0.4) is 0 Å². The van der Waals surface area contributed by atoms with Gasteiger partial charge in [0.25, 0.3) is 5.91 Å². The zero-order chi connectivity index (χ0) is 14.5. The minimum Gasteiger partial charge on any atom is -0.483 e. The largest absolute Gasteiger partial charge is 0.483 e. The molecule has 0 unspecified atom stereocenters. The van der Waals surface area contributed by atoms with Gasteiger partial charge in [0, 0.05) is 16.4 Å². The van der Waals surface area contributed by atoms with E-state index in [2.05, 4.69) is 5.32 Å². The Labute approximate surface area is 122 Å². The van der Waals surface area contributed by atoms with Crippen molar-refractivity contribution in [1.82, 2.24) is 0 Å². The third-order valence-electron chi connectivity index (χ3n) is 2.67. The van der Waals surface area contributed by atoms with Crippen molar-refractivity contribution < 1.29 is 9.53 Å². The molecular formula is C15H15ClN2O2. The fraction of sp³-hybridized carbons (Fsp3) is 0.133. The molecular weight excluding hydrogens is 276 g/mol. The number of carbonyl (C=O) groups is 1. The Kier molecular flexibility index (Phi) is 4.48. The van der Waals surface area contributed by atoms with E-state index in [0.717, 1.165) is 5.56 Å². The Balaban J connectivity index is 1.92. The fourth-order valence-corrected chi connectivity index (χ4v) is 1.93. The second-order valence-electron chi connectivity index (χ2n) is 4.37. The number of amides is 1. The molecule has 0 fully saturated rings. The van der Waals surface area contributed by atoms with Crippen molar-refractivity contribution >= 4 is 28.9 Å². The molecule has 0 saturated heterocycles. The highest BCUT2D eigenvalue weighted by Gasteiger charge is 2.06. The molecule has 4 nitrogen and oxygen atoms in total. The number of nitrogen functional groups attached to an aromatic ring is 1. The molecule has 20 heavy (non-hydrogen) atoms. The molecule has 0 aliphatic heterocycles. The second-order valence-corrected chi connectivity index (χ2v) is 4.81. The lowest BCUT2D eigenvalue weighted by atomic mass is 10.2. The van der Waals surface area contributed by atoms with Crippen molar-refractivity contribution in [3.8, 4) is 5.75 Å². The van der Waals surface area contributed by atoms with E-state index in [-0.39, 0.29) is 12.5 Å². The third-order valence-corrected chi connectivity index (χ3v) is 2.90. The van der Waals surface area contributed by atoms with Gasteiger partial charge in [0.15, 0.2) is 6.61 Å². The molecule has 0 bridgehead atoms. The Morgan fingerprint density at radius 1 is 1.30 bits per heavy atom. The fourth-order valence-electron chi connectivity index (χ4n) is 1.74. The molecule has 1 amide bonds. The summed E-state index contributed by atoms with van der Waals surface area (Å²) in [5.41, 5.74) is 7.85. The van der Waals surface area contributed by atoms with Crippen LogP contribution in [-0.4, -0.2) is 12.5 Å². The standard InChI is InChI=1S/C15H15ClN2O2/c1-10-7-12(17)5-6-14(10)20-9-15(19)18-13-4-2-3-11(16)8-13/h2-8H,9,17H2,1H3,(H,18,19). The normalized spacial score (nSPS) is 10.1. The zero-order valence-corrected chi connectivity index (χ0v) is 11.8. The van der Waals surface area contributed by atoms with E-state index in [0.29, 0.717) is 22.1 Å². The van der Waals surface area contributed by atoms with Gasteiger partial charge in [-0.15, -0.1) is 0 Å². The summed E-state index contributed by atoms with van der Waals surface area (Å²) in [5, 5.41) is 3.28. The highest BCUT2D eigenvalue weighted by Crippen LogP contribution is 2.20. The Morgan fingerprint density at radius 3 is 2.80 bits per heavy atom. The van der Waals surface area contributed by atoms with Gasteiger partial charge in [0.05, 0.1) is 0 Å². The summed E-state index contributed by atoms with van der Waals surface area (Å²) in [7, 11) is 0. The van der Waals surface area contributed by atoms with Crippen LogP contribution in [0.15, 0.2) is 42.5 Å². The molecule has 0 aromatic heterocycles. The SMILES string of the molecule is Cc1cc(N)ccc1OCC(=O)Nc1cccc(Cl)c1. The van der Waals surface area contributed by atoms with Crippen LogP contribution in [0.25, 0.3) is 0 Å². The topological polar surface area (TPSA) is 64.3 Å². The summed E-state index contributed by atoms with van der Waals surface area (Å²) in [6.45, 7) is 1.80. The number of halogens is 1. The summed E-state index contributed by atoms with van der Waals surface area (Å²) < 4.78 is 5.46. The number of hydrogen-bond donors (Lipinski definition) is 2. The van der Waals surface area contributed by atoms with Crippen LogP contribution in [0.2, 0.25) is 5.02 Å². The third kappa shape index (κ3) is 3.90. The van der Waals surface area contributed by atoms with E-state index in [9.17, 15) is 4.79 Å². The van der Waals surface area contributed by atoms with Gasteiger partial charge in [0.2, 0.25) is 0 Å². The number of aryl methyl sites for hydroxylation is 1. The van der Waals surface area contributed by atoms with E-state index in [1.807, 2.05) is 6.92 Å². The lowest BCUT2D eigenvalue weighted by Crippen LogP contribution is -2.20. The first-order chi connectivity index (χ1) is 9.54. The van der Waals surface area contributed by atoms with Crippen molar-refractivity contribution in [2.24, 2.45) is 0 Å². The van der Waals surface area contributed by atoms with Crippen LogP contribution in [-0.2, 0) is 4.79 Å². The molecule has 0 spiro atoms. The number of benzene rings is 2. The van der Waals surface area contributed by atoms with Gasteiger partial charge in [-0.1, -0.05) is 17.7 Å². The number of hydrogen-bond acceptors (Lipinski definition) is 3. The van der Waals surface area contributed by atoms with Gasteiger partial charge in [-0.25, -0.2) is 0 Å². The minimum atomic E-state index is -0.247. The first-order valence-electron chi connectivity index (χ1n) is 6.09. The summed E-state index contributed by atoms with van der Waals surface area (Å²) in [4.78, 5) is 11.8. The molecule has 2 rings (SSSR count). The lowest BCUT2D eigenvalue weighted by molar-refractivity contribution is -0.118. The van der Waals surface area contributed by atoms with Crippen LogP contribution in [0.1, 0.15) is 5.56 Å². The average Bonchev–Trinajstić information content (AvgIpc) is 2.37. The number of rotatable bonds is 4. The van der Waals surface area contributed by atoms with E-state index >= 15 is 0 Å². The number of nitrogens with two attached hydrogens (primary N) is 1. The maximum atomic E-state index is 11.8. The van der Waals surface area contributed by atoms with Crippen molar-refractivity contribution in [3.05, 3.63) is 53.1 Å². The van der Waals surface area contributed by atoms with Crippen LogP contribution in [0, 0.1) is 6.92 Å². The van der Waals surface area contributed by atoms with E-state index in [4.69, 9.17) is 22.1 Å². The van der Waals surface area contributed by atoms with Gasteiger partial charge in [-0.2, -0.15) is 0 Å². The summed E-state index contributed by atoms with van der Waals surface area (Å²) >= 11 is 5.84. The molecule has 0 aliphatic rings. The maximum absolute atomic E-state index is 11.8. The quantitative estimate of drug-likeness (QED) is 0.850. The summed E-state index contributed by atoms with van der Waals surface area (Å²) in [6.07, 6.45) is 0. The van der Waals surface area contributed by atoms with Crippen molar-refractivity contribution in [1.29, 1.82) is 0 Å². The Morgan fingerprint density at radius 2 is 2.10 bits per heavy atom. The van der Waals surface area contributed by atoms with Crippen molar-refractivity contribution in [2.45, 2.75) is 6.92 Å². The molecule has 5 heteroatoms. The molecule has 0 saturated carbocycles. The highest BCUT2D eigenvalue weighted by atomic mass is 35.5. The summed E-state index contributed by atoms with van der Waals surface area (Å²) in [5.74, 6) is 0.393. The Bertz CT molecular complexity index is 629. The number of carbonyl (C=O) groups excluding carboxylic acids is 1. The average molecular weight is 291 g/mol. The molecule has 0 radical (unpaired) electrons. The molecule has 2 aromatic rings. The van der Waals surface area contributed by atoms with E-state index in [1.54, 1.807) is 42.5 Å². The number of anilines is 2. The predicted octanol–water partition coefficient (Wildman–Crippen LogP) is 3.25. The number of ether oxygens (including phenoxy) is 1. The number of nitrogens with one attached hydrogen (secondary N) is 1. The van der Waals surface area contributed by atoms with Gasteiger partial charge in [-0.3, -0.25) is 4.79 Å². The predicted molar refractivity (Wildman–Crippen MR) is 81.2 cm³/mol. The van der Waals surface area contributed by atoms with Gasteiger partial charge >= 0.3 is 0 Å². The van der Waals surface area contributed by atoms with Crippen LogP contribution in [0.4, 0.5) is 11.4 Å². The van der Waals surface area contributed by atoms with Gasteiger partial charge in [0.1, 0.15) is 5.75 Å². The van der Waals surface area contributed by atoms with E-state index in [1.165, 1.54) is 0 Å². The smallest absolute Gasteiger partial charge is 0.262 e. The molecule has 0 heterocycles. The molecule has 0 atom stereocenters. The van der Waals surface area contributed by atoms with Crippen molar-refractivity contribution in [3.63, 3.8) is 0 Å². The molecule has 2 aromatic carbocycles. The second kappa shape index (κ2) is 6.30. The van der Waals surface area contributed by atoms with Crippen molar-refractivity contribution in [2.75, 3.05) is 17.7 Å². The van der Waals surface area contributed by atoms with Crippen LogP contribution < -0.4 is 15.8 Å². The molecule has 0 aliphatic carbocycles. The van der Waals surface area contributed by atoms with Crippen LogP contribution in [0.5, 0.6) is 5.75 Å². The first kappa shape index (κ1) is 14.2. The molecule has 3 N–H and O–H groups in total. The Hall–Kier alpha value is -2.20. The minimum absolute atomic E-state index is 0.0722. The van der Waals surface area contributed by atoms with Gasteiger partial charge < -0.3 is 15.8 Å². The summed E-state index contributed by atoms with van der Waals surface area (Å²) in [6, 6.07) is 12.2. The maximum Gasteiger partial charge on any atom is 0.262 e. The highest BCUT2D eigenvalue weighted by molar-refractivity contribution is 6.30. The van der Waals surface area contributed by atoms with E-state index < -0.39 is 0 Å². The first-order valence-corrected chi connectivity index (χ1v) is 6.47. The zero-order valence-electron chi connectivity index (χ0n) is 11.0. The van der Waals surface area contributed by atoms with Gasteiger partial charge in [-0.05, 0) is 48.9 Å². The monoisotopic (exact) mass is 290 g/mol. The van der Waals surface area contributed by atoms with Crippen LogP contribution >= 0.6 is 11.6 Å².